The number of rotatable bonds is 4. The number of methoxy groups -OCH3 is 1. The quantitative estimate of drug-likeness (QED) is 0.689. The van der Waals surface area contributed by atoms with Crippen molar-refractivity contribution in [2.45, 2.75) is 19.3 Å². The molecular weight excluding hydrogens is 352 g/mol. The standard InChI is InChI=1S/C19H21BrN2O/c1-23-19-10-9-16(20)13-15(19)14-21-17-7-3-4-8-18(17)22-11-5-2-6-12-22/h3-4,7-10,13-14H,2,5-6,11-12H2,1H3. The Labute approximate surface area is 146 Å². The topological polar surface area (TPSA) is 24.8 Å². The molecule has 2 aromatic rings. The molecule has 1 heterocycles. The lowest BCUT2D eigenvalue weighted by molar-refractivity contribution is 0.414. The summed E-state index contributed by atoms with van der Waals surface area (Å²) < 4.78 is 6.43. The Morgan fingerprint density at radius 2 is 1.87 bits per heavy atom. The lowest BCUT2D eigenvalue weighted by Crippen LogP contribution is -2.29. The summed E-state index contributed by atoms with van der Waals surface area (Å²) >= 11 is 3.50. The molecule has 23 heavy (non-hydrogen) atoms. The van der Waals surface area contributed by atoms with E-state index in [1.54, 1.807) is 7.11 Å². The molecule has 0 aromatic heterocycles. The first-order chi connectivity index (χ1) is 11.3. The van der Waals surface area contributed by atoms with Gasteiger partial charge in [-0.1, -0.05) is 28.1 Å². The van der Waals surface area contributed by atoms with Gasteiger partial charge in [-0.3, -0.25) is 4.99 Å². The van der Waals surface area contributed by atoms with Crippen molar-refractivity contribution in [2.24, 2.45) is 4.99 Å². The molecule has 0 unspecified atom stereocenters. The van der Waals surface area contributed by atoms with Gasteiger partial charge in [-0.2, -0.15) is 0 Å². The molecule has 1 saturated heterocycles. The van der Waals surface area contributed by atoms with E-state index < -0.39 is 0 Å². The lowest BCUT2D eigenvalue weighted by atomic mass is 10.1. The molecule has 1 fully saturated rings. The summed E-state index contributed by atoms with van der Waals surface area (Å²) in [6.07, 6.45) is 5.73. The summed E-state index contributed by atoms with van der Waals surface area (Å²) in [5.41, 5.74) is 3.20. The van der Waals surface area contributed by atoms with Crippen molar-refractivity contribution < 1.29 is 4.74 Å². The fraction of sp³-hybridized carbons (Fsp3) is 0.316. The van der Waals surface area contributed by atoms with Gasteiger partial charge in [0.15, 0.2) is 0 Å². The average molecular weight is 373 g/mol. The second kappa shape index (κ2) is 7.64. The van der Waals surface area contributed by atoms with E-state index in [4.69, 9.17) is 9.73 Å². The number of para-hydroxylation sites is 2. The number of nitrogens with zero attached hydrogens (tertiary/aromatic N) is 2. The smallest absolute Gasteiger partial charge is 0.127 e. The number of hydrogen-bond acceptors (Lipinski definition) is 3. The third-order valence-corrected chi connectivity index (χ3v) is 4.61. The third-order valence-electron chi connectivity index (χ3n) is 4.11. The van der Waals surface area contributed by atoms with Crippen molar-refractivity contribution >= 4 is 33.5 Å². The minimum absolute atomic E-state index is 0.826. The Hall–Kier alpha value is -1.81. The molecule has 4 heteroatoms. The van der Waals surface area contributed by atoms with Crippen LogP contribution in [-0.2, 0) is 0 Å². The molecule has 0 saturated carbocycles. The minimum Gasteiger partial charge on any atom is -0.496 e. The van der Waals surface area contributed by atoms with Crippen molar-refractivity contribution in [1.29, 1.82) is 0 Å². The maximum atomic E-state index is 5.41. The van der Waals surface area contributed by atoms with Crippen molar-refractivity contribution in [3.8, 4) is 5.75 Å². The Balaban J connectivity index is 1.89. The van der Waals surface area contributed by atoms with Gasteiger partial charge in [-0.25, -0.2) is 0 Å². The van der Waals surface area contributed by atoms with E-state index in [-0.39, 0.29) is 0 Å². The maximum absolute atomic E-state index is 5.41. The van der Waals surface area contributed by atoms with Crippen molar-refractivity contribution in [3.05, 3.63) is 52.5 Å². The van der Waals surface area contributed by atoms with Gasteiger partial charge in [0.2, 0.25) is 0 Å². The van der Waals surface area contributed by atoms with Crippen LogP contribution in [0.3, 0.4) is 0 Å². The Morgan fingerprint density at radius 3 is 2.65 bits per heavy atom. The molecule has 1 aliphatic rings. The van der Waals surface area contributed by atoms with Crippen LogP contribution in [0.1, 0.15) is 24.8 Å². The predicted molar refractivity (Wildman–Crippen MR) is 100 cm³/mol. The van der Waals surface area contributed by atoms with E-state index in [2.05, 4.69) is 39.0 Å². The second-order valence-corrected chi connectivity index (χ2v) is 6.60. The fourth-order valence-electron chi connectivity index (χ4n) is 2.92. The van der Waals surface area contributed by atoms with Crippen LogP contribution in [0.2, 0.25) is 0 Å². The number of hydrogen-bond donors (Lipinski definition) is 0. The van der Waals surface area contributed by atoms with Crippen LogP contribution in [0.4, 0.5) is 11.4 Å². The van der Waals surface area contributed by atoms with Crippen LogP contribution in [0.15, 0.2) is 51.9 Å². The number of halogens is 1. The van der Waals surface area contributed by atoms with Gasteiger partial charge in [0.05, 0.1) is 18.5 Å². The highest BCUT2D eigenvalue weighted by Crippen LogP contribution is 2.31. The summed E-state index contributed by atoms with van der Waals surface area (Å²) in [6.45, 7) is 2.24. The third kappa shape index (κ3) is 3.94. The molecule has 3 nitrogen and oxygen atoms in total. The molecular formula is C19H21BrN2O. The van der Waals surface area contributed by atoms with Gasteiger partial charge >= 0.3 is 0 Å². The molecule has 0 radical (unpaired) electrons. The Bertz CT molecular complexity index is 694. The summed E-state index contributed by atoms with van der Waals surface area (Å²) in [6, 6.07) is 14.3. The minimum atomic E-state index is 0.826. The first-order valence-corrected chi connectivity index (χ1v) is 8.79. The molecule has 0 spiro atoms. The SMILES string of the molecule is COc1ccc(Br)cc1C=Nc1ccccc1N1CCCCC1. The lowest BCUT2D eigenvalue weighted by Gasteiger charge is -2.29. The molecule has 3 rings (SSSR count). The number of anilines is 1. The highest BCUT2D eigenvalue weighted by molar-refractivity contribution is 9.10. The van der Waals surface area contributed by atoms with Gasteiger partial charge in [-0.05, 0) is 49.6 Å². The molecule has 120 valence electrons. The van der Waals surface area contributed by atoms with Crippen LogP contribution < -0.4 is 9.64 Å². The molecule has 0 aliphatic carbocycles. The van der Waals surface area contributed by atoms with E-state index in [1.165, 1.54) is 24.9 Å². The zero-order valence-corrected chi connectivity index (χ0v) is 14.9. The molecule has 0 amide bonds. The van der Waals surface area contributed by atoms with E-state index in [1.807, 2.05) is 30.5 Å². The number of aliphatic imine (C=N–C) groups is 1. The molecule has 0 atom stereocenters. The highest BCUT2D eigenvalue weighted by atomic mass is 79.9. The molecule has 1 aliphatic heterocycles. The van der Waals surface area contributed by atoms with E-state index >= 15 is 0 Å². The Morgan fingerprint density at radius 1 is 1.09 bits per heavy atom. The first kappa shape index (κ1) is 16.1. The van der Waals surface area contributed by atoms with Crippen LogP contribution in [0.25, 0.3) is 0 Å². The molecule has 0 N–H and O–H groups in total. The monoisotopic (exact) mass is 372 g/mol. The van der Waals surface area contributed by atoms with Crippen LogP contribution >= 0.6 is 15.9 Å². The normalized spacial score (nSPS) is 15.1. The molecule has 2 aromatic carbocycles. The largest absolute Gasteiger partial charge is 0.496 e. The van der Waals surface area contributed by atoms with Gasteiger partial charge in [0.25, 0.3) is 0 Å². The zero-order chi connectivity index (χ0) is 16.1. The fourth-order valence-corrected chi connectivity index (χ4v) is 3.30. The van der Waals surface area contributed by atoms with Crippen molar-refractivity contribution in [1.82, 2.24) is 0 Å². The number of ether oxygens (including phenoxy) is 1. The van der Waals surface area contributed by atoms with Gasteiger partial charge in [0.1, 0.15) is 5.75 Å². The summed E-state index contributed by atoms with van der Waals surface area (Å²) in [5.74, 6) is 0.826. The van der Waals surface area contributed by atoms with Gasteiger partial charge in [0, 0.05) is 29.3 Å². The van der Waals surface area contributed by atoms with Crippen LogP contribution in [0.5, 0.6) is 5.75 Å². The Kier molecular flexibility index (Phi) is 5.34. The summed E-state index contributed by atoms with van der Waals surface area (Å²) in [5, 5.41) is 0. The van der Waals surface area contributed by atoms with Gasteiger partial charge < -0.3 is 9.64 Å². The molecule has 0 bridgehead atoms. The average Bonchev–Trinajstić information content (AvgIpc) is 2.61. The van der Waals surface area contributed by atoms with Crippen molar-refractivity contribution in [2.75, 3.05) is 25.1 Å². The van der Waals surface area contributed by atoms with Crippen LogP contribution in [0, 0.1) is 0 Å². The summed E-state index contributed by atoms with van der Waals surface area (Å²) in [4.78, 5) is 7.17. The maximum Gasteiger partial charge on any atom is 0.127 e. The number of benzene rings is 2. The highest BCUT2D eigenvalue weighted by Gasteiger charge is 2.13. The van der Waals surface area contributed by atoms with Gasteiger partial charge in [-0.15, -0.1) is 0 Å². The first-order valence-electron chi connectivity index (χ1n) is 7.99. The zero-order valence-electron chi connectivity index (χ0n) is 13.3. The predicted octanol–water partition coefficient (Wildman–Crippen LogP) is 5.20. The second-order valence-electron chi connectivity index (χ2n) is 5.68. The van der Waals surface area contributed by atoms with Crippen LogP contribution in [-0.4, -0.2) is 26.4 Å². The van der Waals surface area contributed by atoms with Crippen molar-refractivity contribution in [3.63, 3.8) is 0 Å². The summed E-state index contributed by atoms with van der Waals surface area (Å²) in [7, 11) is 1.68. The van der Waals surface area contributed by atoms with E-state index in [9.17, 15) is 0 Å². The van der Waals surface area contributed by atoms with E-state index in [0.29, 0.717) is 0 Å². The number of piperidine rings is 1. The van der Waals surface area contributed by atoms with E-state index in [0.717, 1.165) is 34.6 Å².